The van der Waals surface area contributed by atoms with Crippen LogP contribution in [0.3, 0.4) is 0 Å². The van der Waals surface area contributed by atoms with Gasteiger partial charge in [-0.05, 0) is 49.4 Å². The summed E-state index contributed by atoms with van der Waals surface area (Å²) < 4.78 is 20.0. The number of nitrogens with zero attached hydrogens (tertiary/aromatic N) is 2. The molecule has 1 saturated carbocycles. The largest absolute Gasteiger partial charge is 0.504 e. The van der Waals surface area contributed by atoms with Crippen LogP contribution in [-0.4, -0.2) is 64.2 Å². The van der Waals surface area contributed by atoms with E-state index in [9.17, 15) is 9.90 Å². The highest BCUT2D eigenvalue weighted by molar-refractivity contribution is 5.87. The number of rotatable bonds is 4. The average molecular weight is 487 g/mol. The summed E-state index contributed by atoms with van der Waals surface area (Å²) in [6, 6.07) is 14.0. The molecule has 7 heteroatoms. The molecule has 186 valence electrons. The Bertz CT molecular complexity index is 1300. The molecule has 2 aliphatic carbocycles. The summed E-state index contributed by atoms with van der Waals surface area (Å²) >= 11 is 0. The Labute approximate surface area is 210 Å². The van der Waals surface area contributed by atoms with Crippen molar-refractivity contribution in [2.75, 3.05) is 19.9 Å². The van der Waals surface area contributed by atoms with Gasteiger partial charge in [-0.2, -0.15) is 0 Å². The molecule has 36 heavy (non-hydrogen) atoms. The Morgan fingerprint density at radius 2 is 2.00 bits per heavy atom. The van der Waals surface area contributed by atoms with Crippen LogP contribution in [0, 0.1) is 5.92 Å². The summed E-state index contributed by atoms with van der Waals surface area (Å²) in [5.41, 5.74) is 1.52. The Morgan fingerprint density at radius 1 is 1.14 bits per heavy atom. The van der Waals surface area contributed by atoms with Gasteiger partial charge in [-0.3, -0.25) is 9.69 Å². The molecule has 1 amide bonds. The van der Waals surface area contributed by atoms with Gasteiger partial charge >= 0.3 is 0 Å². The van der Waals surface area contributed by atoms with Crippen LogP contribution in [0.4, 0.5) is 0 Å². The number of benzene rings is 2. The first-order chi connectivity index (χ1) is 17.6. The van der Waals surface area contributed by atoms with Crippen LogP contribution in [0.2, 0.25) is 0 Å². The molecule has 2 aromatic carbocycles. The number of hydrogen-bond donors (Lipinski definition) is 1. The van der Waals surface area contributed by atoms with Crippen LogP contribution < -0.4 is 4.74 Å². The van der Waals surface area contributed by atoms with Crippen molar-refractivity contribution in [3.8, 4) is 11.5 Å². The van der Waals surface area contributed by atoms with Crippen molar-refractivity contribution in [3.05, 3.63) is 71.8 Å². The first kappa shape index (κ1) is 21.2. The molecule has 7 nitrogen and oxygen atoms in total. The molecule has 8 rings (SSSR count). The molecule has 0 radical (unpaired) electrons. The van der Waals surface area contributed by atoms with Gasteiger partial charge in [0, 0.05) is 30.1 Å². The van der Waals surface area contributed by atoms with Gasteiger partial charge in [-0.25, -0.2) is 0 Å². The van der Waals surface area contributed by atoms with Crippen LogP contribution in [0.25, 0.3) is 0 Å². The number of likely N-dealkylation sites (tertiary alicyclic amines) is 2. The SMILES string of the molecule is C=CCN1CC[C@@]23c4c5ccc(O)c4OCO[C@]46CC[C@@]2(O[C@H](C(=O)N4Cc2ccccc2)[C@H]63)[C@H]1C5. The fourth-order valence-electron chi connectivity index (χ4n) is 9.07. The van der Waals surface area contributed by atoms with Crippen LogP contribution >= 0.6 is 0 Å². The lowest BCUT2D eigenvalue weighted by Gasteiger charge is -2.66. The van der Waals surface area contributed by atoms with E-state index < -0.39 is 22.8 Å². The molecule has 4 fully saturated rings. The van der Waals surface area contributed by atoms with Crippen molar-refractivity contribution in [2.45, 2.75) is 61.1 Å². The number of aromatic hydroxyl groups is 1. The maximum absolute atomic E-state index is 14.2. The minimum atomic E-state index is -0.805. The molecule has 6 aliphatic rings. The van der Waals surface area contributed by atoms with Crippen molar-refractivity contribution < 1.29 is 24.1 Å². The van der Waals surface area contributed by atoms with Gasteiger partial charge in [0.2, 0.25) is 0 Å². The number of phenolic OH excluding ortho intramolecular Hbond substituents is 1. The first-order valence-corrected chi connectivity index (χ1v) is 13.1. The number of carbonyl (C=O) groups excluding carboxylic acids is 1. The quantitative estimate of drug-likeness (QED) is 0.670. The van der Waals surface area contributed by atoms with E-state index in [2.05, 4.69) is 23.6 Å². The second-order valence-electron chi connectivity index (χ2n) is 11.2. The van der Waals surface area contributed by atoms with Gasteiger partial charge in [0.1, 0.15) is 6.10 Å². The lowest BCUT2D eigenvalue weighted by molar-refractivity contribution is -0.259. The summed E-state index contributed by atoms with van der Waals surface area (Å²) in [7, 11) is 0. The van der Waals surface area contributed by atoms with Gasteiger partial charge in [0.05, 0.1) is 11.5 Å². The summed E-state index contributed by atoms with van der Waals surface area (Å²) in [6.07, 6.45) is 4.53. The lowest BCUT2D eigenvalue weighted by Crippen LogP contribution is -2.76. The molecule has 1 spiro atoms. The van der Waals surface area contributed by atoms with Crippen LogP contribution in [0.1, 0.15) is 36.0 Å². The van der Waals surface area contributed by atoms with Gasteiger partial charge in [0.15, 0.2) is 24.0 Å². The van der Waals surface area contributed by atoms with Crippen LogP contribution in [0.15, 0.2) is 55.1 Å². The molecular weight excluding hydrogens is 456 g/mol. The van der Waals surface area contributed by atoms with E-state index in [1.807, 2.05) is 35.2 Å². The Hall–Kier alpha value is -2.87. The van der Waals surface area contributed by atoms with E-state index in [1.165, 1.54) is 5.56 Å². The van der Waals surface area contributed by atoms with Crippen molar-refractivity contribution in [2.24, 2.45) is 5.92 Å². The fraction of sp³-hybridized carbons (Fsp3) is 0.483. The van der Waals surface area contributed by atoms with Crippen molar-refractivity contribution in [1.82, 2.24) is 9.80 Å². The Kier molecular flexibility index (Phi) is 4.08. The fourth-order valence-corrected chi connectivity index (χ4v) is 9.07. The standard InChI is InChI=1S/C29H30N2O5/c1-2-13-30-14-12-27-22-19-8-9-20(32)23(22)34-17-35-29-11-10-28(27,21(30)15-19)36-24(25(27)29)26(33)31(29)16-18-6-4-3-5-7-18/h2-9,21,24-25,32H,1,10-17H2/t21-,24+,25+,27+,28-,29+/m1/s1. The van der Waals surface area contributed by atoms with E-state index in [-0.39, 0.29) is 30.4 Å². The molecular formula is C29H30N2O5. The van der Waals surface area contributed by atoms with Gasteiger partial charge in [0.25, 0.3) is 5.91 Å². The van der Waals surface area contributed by atoms with Crippen molar-refractivity contribution in [3.63, 3.8) is 0 Å². The summed E-state index contributed by atoms with van der Waals surface area (Å²) in [5, 5.41) is 10.9. The van der Waals surface area contributed by atoms with E-state index in [1.54, 1.807) is 6.07 Å². The zero-order chi connectivity index (χ0) is 24.3. The Morgan fingerprint density at radius 3 is 2.83 bits per heavy atom. The number of amides is 1. The first-order valence-electron chi connectivity index (χ1n) is 13.1. The predicted octanol–water partition coefficient (Wildman–Crippen LogP) is 3.10. The highest BCUT2D eigenvalue weighted by atomic mass is 16.7. The maximum Gasteiger partial charge on any atom is 0.254 e. The van der Waals surface area contributed by atoms with Crippen molar-refractivity contribution >= 4 is 5.91 Å². The number of ether oxygens (including phenoxy) is 3. The molecule has 5 bridgehead atoms. The lowest BCUT2D eigenvalue weighted by atomic mass is 9.45. The number of carbonyl (C=O) groups is 1. The van der Waals surface area contributed by atoms with Crippen molar-refractivity contribution in [1.29, 1.82) is 0 Å². The molecule has 1 N–H and O–H groups in total. The third-order valence-electron chi connectivity index (χ3n) is 10.1. The highest BCUT2D eigenvalue weighted by Gasteiger charge is 2.84. The normalized spacial score (nSPS) is 39.4. The van der Waals surface area contributed by atoms with E-state index in [4.69, 9.17) is 14.2 Å². The summed E-state index contributed by atoms with van der Waals surface area (Å²) in [6.45, 7) is 6.14. The summed E-state index contributed by atoms with van der Waals surface area (Å²) in [4.78, 5) is 18.6. The molecule has 0 unspecified atom stereocenters. The average Bonchev–Trinajstić information content (AvgIpc) is 3.25. The third kappa shape index (κ3) is 2.21. The number of piperidine rings is 1. The minimum Gasteiger partial charge on any atom is -0.504 e. The summed E-state index contributed by atoms with van der Waals surface area (Å²) in [5.74, 6) is 0.500. The number of phenols is 1. The second-order valence-corrected chi connectivity index (χ2v) is 11.2. The topological polar surface area (TPSA) is 71.5 Å². The molecule has 3 saturated heterocycles. The zero-order valence-electron chi connectivity index (χ0n) is 20.2. The van der Waals surface area contributed by atoms with Gasteiger partial charge < -0.3 is 24.2 Å². The molecule has 4 aliphatic heterocycles. The third-order valence-corrected chi connectivity index (χ3v) is 10.1. The molecule has 2 aromatic rings. The highest BCUT2D eigenvalue weighted by Crippen LogP contribution is 2.74. The maximum atomic E-state index is 14.2. The van der Waals surface area contributed by atoms with Gasteiger partial charge in [-0.1, -0.05) is 42.5 Å². The van der Waals surface area contributed by atoms with Gasteiger partial charge in [-0.15, -0.1) is 6.58 Å². The molecule has 0 aromatic heterocycles. The van der Waals surface area contributed by atoms with E-state index in [0.29, 0.717) is 18.7 Å². The van der Waals surface area contributed by atoms with Crippen LogP contribution in [0.5, 0.6) is 11.5 Å². The van der Waals surface area contributed by atoms with Crippen LogP contribution in [-0.2, 0) is 32.6 Å². The van der Waals surface area contributed by atoms with E-state index in [0.717, 1.165) is 43.5 Å². The minimum absolute atomic E-state index is 0.0118. The predicted molar refractivity (Wildman–Crippen MR) is 130 cm³/mol. The molecule has 4 heterocycles. The zero-order valence-corrected chi connectivity index (χ0v) is 20.2. The number of hydrogen-bond acceptors (Lipinski definition) is 6. The smallest absolute Gasteiger partial charge is 0.254 e. The van der Waals surface area contributed by atoms with E-state index >= 15 is 0 Å². The molecule has 6 atom stereocenters. The Balaban J connectivity index is 1.38. The second kappa shape index (κ2) is 6.91. The monoisotopic (exact) mass is 486 g/mol.